The highest BCUT2D eigenvalue weighted by Gasteiger charge is 2.41. The molecule has 0 aliphatic heterocycles. The van der Waals surface area contributed by atoms with Crippen LogP contribution in [0, 0.1) is 0 Å². The third-order valence-electron chi connectivity index (χ3n) is 5.18. The molecule has 27 heavy (non-hydrogen) atoms. The van der Waals surface area contributed by atoms with Gasteiger partial charge in [0, 0.05) is 5.56 Å². The highest BCUT2D eigenvalue weighted by atomic mass is 28.4. The van der Waals surface area contributed by atoms with Crippen LogP contribution in [0.3, 0.4) is 0 Å². The van der Waals surface area contributed by atoms with Gasteiger partial charge in [-0.3, -0.25) is 4.79 Å². The van der Waals surface area contributed by atoms with Crippen molar-refractivity contribution in [3.63, 3.8) is 0 Å². The number of benzene rings is 2. The van der Waals surface area contributed by atoms with E-state index in [0.717, 1.165) is 11.8 Å². The molecule has 0 unspecified atom stereocenters. The summed E-state index contributed by atoms with van der Waals surface area (Å²) < 4.78 is 6.36. The molecule has 0 saturated carbocycles. The Labute approximate surface area is 163 Å². The van der Waals surface area contributed by atoms with Gasteiger partial charge in [0.1, 0.15) is 12.4 Å². The summed E-state index contributed by atoms with van der Waals surface area (Å²) in [7, 11) is -2.20. The summed E-state index contributed by atoms with van der Waals surface area (Å²) in [4.78, 5) is 24.7. The molecule has 4 nitrogen and oxygen atoms in total. The molecule has 0 spiro atoms. The second kappa shape index (κ2) is 8.63. The molecule has 5 heteroatoms. The smallest absolute Gasteiger partial charge is 0.251 e. The van der Waals surface area contributed by atoms with Crippen LogP contribution in [0.25, 0.3) is 0 Å². The van der Waals surface area contributed by atoms with Crippen LogP contribution in [0.1, 0.15) is 42.7 Å². The van der Waals surface area contributed by atoms with Crippen LogP contribution in [0.4, 0.5) is 0 Å². The molecule has 0 aliphatic rings. The fraction of sp³-hybridized carbons (Fsp3) is 0.364. The largest absolute Gasteiger partial charge is 0.405 e. The van der Waals surface area contributed by atoms with Crippen LogP contribution >= 0.6 is 0 Å². The van der Waals surface area contributed by atoms with Crippen molar-refractivity contribution in [3.05, 3.63) is 71.8 Å². The lowest BCUT2D eigenvalue weighted by Crippen LogP contribution is -2.48. The van der Waals surface area contributed by atoms with Gasteiger partial charge in [0.15, 0.2) is 8.32 Å². The molecule has 2 atom stereocenters. The topological polar surface area (TPSA) is 55.4 Å². The van der Waals surface area contributed by atoms with Crippen LogP contribution in [-0.2, 0) is 9.22 Å². The predicted molar refractivity (Wildman–Crippen MR) is 111 cm³/mol. The van der Waals surface area contributed by atoms with Crippen molar-refractivity contribution in [2.45, 2.75) is 51.0 Å². The zero-order valence-electron chi connectivity index (χ0n) is 16.7. The maximum absolute atomic E-state index is 12.7. The number of aldehydes is 1. The van der Waals surface area contributed by atoms with E-state index in [-0.39, 0.29) is 10.9 Å². The number of rotatable bonds is 7. The Morgan fingerprint density at radius 2 is 1.52 bits per heavy atom. The Morgan fingerprint density at radius 1 is 1.00 bits per heavy atom. The predicted octanol–water partition coefficient (Wildman–Crippen LogP) is 4.75. The Hall–Kier alpha value is -2.24. The van der Waals surface area contributed by atoms with E-state index in [1.165, 1.54) is 0 Å². The van der Waals surface area contributed by atoms with Crippen LogP contribution in [-0.4, -0.2) is 26.6 Å². The Kier molecular flexibility index (Phi) is 6.73. The minimum absolute atomic E-state index is 0.0427. The van der Waals surface area contributed by atoms with Crippen molar-refractivity contribution in [1.29, 1.82) is 0 Å². The van der Waals surface area contributed by atoms with E-state index in [9.17, 15) is 9.59 Å². The van der Waals surface area contributed by atoms with Crippen molar-refractivity contribution >= 4 is 20.5 Å². The summed E-state index contributed by atoms with van der Waals surface area (Å²) in [6, 6.07) is 17.9. The van der Waals surface area contributed by atoms with Gasteiger partial charge in [-0.25, -0.2) is 0 Å². The van der Waals surface area contributed by atoms with E-state index < -0.39 is 20.5 Å². The Bertz CT molecular complexity index is 754. The Morgan fingerprint density at radius 3 is 2.00 bits per heavy atom. The van der Waals surface area contributed by atoms with Crippen molar-refractivity contribution < 1.29 is 14.0 Å². The molecule has 0 radical (unpaired) electrons. The van der Waals surface area contributed by atoms with Crippen LogP contribution in [0.2, 0.25) is 18.1 Å². The maximum atomic E-state index is 12.7. The number of amides is 1. The second-order valence-electron chi connectivity index (χ2n) is 8.21. The molecule has 1 amide bonds. The molecule has 2 aromatic carbocycles. The van der Waals surface area contributed by atoms with Gasteiger partial charge >= 0.3 is 0 Å². The van der Waals surface area contributed by atoms with E-state index >= 15 is 0 Å². The van der Waals surface area contributed by atoms with Crippen molar-refractivity contribution in [2.24, 2.45) is 0 Å². The zero-order chi connectivity index (χ0) is 20.1. The summed E-state index contributed by atoms with van der Waals surface area (Å²) in [6.07, 6.45) is 0.0598. The molecule has 0 fully saturated rings. The summed E-state index contributed by atoms with van der Waals surface area (Å²) in [5, 5.41) is 2.96. The van der Waals surface area contributed by atoms with Crippen LogP contribution < -0.4 is 5.32 Å². The first-order valence-electron chi connectivity index (χ1n) is 9.20. The summed E-state index contributed by atoms with van der Waals surface area (Å²) >= 11 is 0. The normalized spacial score (nSPS) is 14.3. The third-order valence-corrected chi connectivity index (χ3v) is 9.65. The average Bonchev–Trinajstić information content (AvgIpc) is 2.64. The first kappa shape index (κ1) is 21.1. The molecular formula is C22H29NO3Si. The second-order valence-corrected chi connectivity index (χ2v) is 13.0. The van der Waals surface area contributed by atoms with Crippen molar-refractivity contribution in [3.8, 4) is 0 Å². The minimum Gasteiger partial charge on any atom is -0.405 e. The highest BCUT2D eigenvalue weighted by molar-refractivity contribution is 6.74. The van der Waals surface area contributed by atoms with Gasteiger partial charge in [-0.05, 0) is 35.8 Å². The Balaban J connectivity index is 2.34. The lowest BCUT2D eigenvalue weighted by atomic mass is 10.0. The fourth-order valence-corrected chi connectivity index (χ4v) is 3.75. The molecule has 0 saturated heterocycles. The molecule has 2 rings (SSSR count). The molecule has 2 aromatic rings. The monoisotopic (exact) mass is 383 g/mol. The summed E-state index contributed by atoms with van der Waals surface area (Å²) in [5.74, 6) is -0.227. The lowest BCUT2D eigenvalue weighted by Gasteiger charge is -2.40. The third kappa shape index (κ3) is 5.37. The number of hydrogen-bond acceptors (Lipinski definition) is 3. The molecule has 0 aliphatic carbocycles. The van der Waals surface area contributed by atoms with Crippen molar-refractivity contribution in [2.75, 3.05) is 0 Å². The number of hydrogen-bond donors (Lipinski definition) is 1. The lowest BCUT2D eigenvalue weighted by molar-refractivity contribution is -0.115. The van der Waals surface area contributed by atoms with Gasteiger partial charge in [-0.15, -0.1) is 0 Å². The van der Waals surface area contributed by atoms with Gasteiger partial charge in [-0.1, -0.05) is 69.3 Å². The zero-order valence-corrected chi connectivity index (χ0v) is 17.7. The van der Waals surface area contributed by atoms with E-state index in [2.05, 4.69) is 39.2 Å². The van der Waals surface area contributed by atoms with E-state index in [0.29, 0.717) is 5.56 Å². The average molecular weight is 384 g/mol. The highest BCUT2D eigenvalue weighted by Crippen LogP contribution is 2.38. The minimum atomic E-state index is -2.20. The SMILES string of the molecule is CC(C)(C)[Si](C)(C)O[C@@H](C=O)[C@@H](NC(=O)c1ccccc1)c1ccccc1. The molecule has 0 heterocycles. The molecular weight excluding hydrogens is 354 g/mol. The number of nitrogens with one attached hydrogen (secondary N) is 1. The molecule has 144 valence electrons. The maximum Gasteiger partial charge on any atom is 0.251 e. The van der Waals surface area contributed by atoms with E-state index in [1.807, 2.05) is 48.5 Å². The van der Waals surface area contributed by atoms with Crippen LogP contribution in [0.5, 0.6) is 0 Å². The van der Waals surface area contributed by atoms with E-state index in [1.54, 1.807) is 12.1 Å². The van der Waals surface area contributed by atoms with E-state index in [4.69, 9.17) is 4.43 Å². The number of carbonyl (C=O) groups is 2. The van der Waals surface area contributed by atoms with Crippen molar-refractivity contribution in [1.82, 2.24) is 5.32 Å². The van der Waals surface area contributed by atoms with Crippen LogP contribution in [0.15, 0.2) is 60.7 Å². The number of carbonyl (C=O) groups excluding carboxylic acids is 2. The summed E-state index contributed by atoms with van der Waals surface area (Å²) in [5.41, 5.74) is 1.40. The first-order chi connectivity index (χ1) is 12.7. The molecule has 0 aromatic heterocycles. The van der Waals surface area contributed by atoms with Gasteiger partial charge in [-0.2, -0.15) is 0 Å². The first-order valence-corrected chi connectivity index (χ1v) is 12.1. The van der Waals surface area contributed by atoms with Gasteiger partial charge in [0.25, 0.3) is 5.91 Å². The molecule has 1 N–H and O–H groups in total. The van der Waals surface area contributed by atoms with Gasteiger partial charge < -0.3 is 14.5 Å². The standard InChI is InChI=1S/C22H29NO3Si/c1-22(2,3)27(4,5)26-19(16-24)20(17-12-8-6-9-13-17)23-21(25)18-14-10-7-11-15-18/h6-16,19-20H,1-5H3,(H,23,25)/t19-,20-/m0/s1. The quantitative estimate of drug-likeness (QED) is 0.555. The molecule has 0 bridgehead atoms. The summed E-state index contributed by atoms with van der Waals surface area (Å²) in [6.45, 7) is 10.6. The van der Waals surface area contributed by atoms with Gasteiger partial charge in [0.05, 0.1) is 6.04 Å². The fourth-order valence-electron chi connectivity index (χ4n) is 2.52. The van der Waals surface area contributed by atoms with Gasteiger partial charge in [0.2, 0.25) is 0 Å².